The minimum atomic E-state index is -5.99. The van der Waals surface area contributed by atoms with Gasteiger partial charge in [0.25, 0.3) is 11.6 Å². The number of amides is 1. The number of benzene rings is 1. The molecule has 1 unspecified atom stereocenters. The second-order valence-corrected chi connectivity index (χ2v) is 6.42. The van der Waals surface area contributed by atoms with Crippen molar-refractivity contribution in [3.63, 3.8) is 0 Å². The molecule has 2 N–H and O–H groups in total. The average Bonchev–Trinajstić information content (AvgIpc) is 2.50. The molecule has 0 saturated carbocycles. The number of carbonyl (C=O) groups is 1. The van der Waals surface area contributed by atoms with Crippen LogP contribution in [0.15, 0.2) is 24.3 Å². The van der Waals surface area contributed by atoms with Gasteiger partial charge in [-0.15, -0.1) is 0 Å². The Morgan fingerprint density at radius 1 is 1.42 bits per heavy atom. The van der Waals surface area contributed by atoms with Crippen LogP contribution in [0.25, 0.3) is 0 Å². The fourth-order valence-corrected chi connectivity index (χ4v) is 2.86. The van der Waals surface area contributed by atoms with Gasteiger partial charge in [-0.2, -0.15) is 17.5 Å². The first-order valence-electron chi connectivity index (χ1n) is 6.17. The molecule has 0 spiro atoms. The zero-order chi connectivity index (χ0) is 18.7. The van der Waals surface area contributed by atoms with Crippen LogP contribution < -0.4 is 5.48 Å². The van der Waals surface area contributed by atoms with Gasteiger partial charge in [0.15, 0.2) is 0 Å². The summed E-state index contributed by atoms with van der Waals surface area (Å²) in [6.07, 6.45) is 0. The molecule has 24 heavy (non-hydrogen) atoms. The van der Waals surface area contributed by atoms with E-state index in [2.05, 4.69) is 0 Å². The number of nitro groups is 1. The Labute approximate surface area is 133 Å². The molecule has 0 aliphatic heterocycles. The van der Waals surface area contributed by atoms with E-state index in [0.717, 1.165) is 24.5 Å². The molecule has 134 valence electrons. The van der Waals surface area contributed by atoms with Gasteiger partial charge in [0.1, 0.15) is 6.04 Å². The van der Waals surface area contributed by atoms with Gasteiger partial charge < -0.3 is 0 Å². The molecule has 1 amide bonds. The first-order chi connectivity index (χ1) is 10.9. The number of alkyl halides is 3. The Morgan fingerprint density at radius 3 is 2.42 bits per heavy atom. The third kappa shape index (κ3) is 3.98. The minimum absolute atomic E-state index is 0.277. The Morgan fingerprint density at radius 2 is 1.96 bits per heavy atom. The van der Waals surface area contributed by atoms with E-state index < -0.39 is 44.6 Å². The lowest BCUT2D eigenvalue weighted by Crippen LogP contribution is -2.50. The Kier molecular flexibility index (Phi) is 5.86. The second kappa shape index (κ2) is 7.11. The lowest BCUT2D eigenvalue weighted by Gasteiger charge is -2.27. The maximum atomic E-state index is 12.8. The van der Waals surface area contributed by atoms with Gasteiger partial charge in [-0.3, -0.25) is 20.1 Å². The lowest BCUT2D eigenvalue weighted by molar-refractivity contribution is -0.385. The topological polar surface area (TPSA) is 130 Å². The number of para-hydroxylation sites is 1. The van der Waals surface area contributed by atoms with Crippen molar-refractivity contribution in [1.82, 2.24) is 9.79 Å². The summed E-state index contributed by atoms with van der Waals surface area (Å²) in [7, 11) is -5.99. The summed E-state index contributed by atoms with van der Waals surface area (Å²) < 4.78 is 61.5. The van der Waals surface area contributed by atoms with E-state index in [1.807, 2.05) is 0 Å². The smallest absolute Gasteiger partial charge is 0.289 e. The van der Waals surface area contributed by atoms with Crippen LogP contribution >= 0.6 is 0 Å². The van der Waals surface area contributed by atoms with Crippen LogP contribution in [-0.2, 0) is 21.4 Å². The number of nitrogens with zero attached hydrogens (tertiary/aromatic N) is 2. The van der Waals surface area contributed by atoms with E-state index >= 15 is 0 Å². The van der Waals surface area contributed by atoms with Crippen LogP contribution in [0.5, 0.6) is 0 Å². The molecule has 0 fully saturated rings. The Balaban J connectivity index is 3.41. The first-order valence-corrected chi connectivity index (χ1v) is 7.61. The van der Waals surface area contributed by atoms with E-state index in [1.165, 1.54) is 12.1 Å². The number of carbonyl (C=O) groups excluding carboxylic acids is 1. The highest BCUT2D eigenvalue weighted by Crippen LogP contribution is 2.31. The molecule has 1 rings (SSSR count). The molecule has 1 atom stereocenters. The van der Waals surface area contributed by atoms with Crippen LogP contribution in [0.2, 0.25) is 0 Å². The number of nitro benzene ring substituents is 1. The zero-order valence-corrected chi connectivity index (χ0v) is 12.8. The Bertz CT molecular complexity index is 737. The molecular weight excluding hydrogens is 359 g/mol. The predicted molar refractivity (Wildman–Crippen MR) is 73.0 cm³/mol. The van der Waals surface area contributed by atoms with Crippen molar-refractivity contribution in [1.29, 1.82) is 0 Å². The molecule has 0 aliphatic carbocycles. The van der Waals surface area contributed by atoms with Crippen LogP contribution in [0, 0.1) is 10.1 Å². The molecule has 0 bridgehead atoms. The molecule has 0 aromatic heterocycles. The molecule has 1 aromatic rings. The van der Waals surface area contributed by atoms with Crippen molar-refractivity contribution < 1.29 is 36.5 Å². The molecule has 9 nitrogen and oxygen atoms in total. The summed E-state index contributed by atoms with van der Waals surface area (Å²) >= 11 is 0. The van der Waals surface area contributed by atoms with Gasteiger partial charge in [0, 0.05) is 18.2 Å². The van der Waals surface area contributed by atoms with E-state index in [0.29, 0.717) is 0 Å². The molecular formula is C11H12F3N3O6S. The molecule has 0 radical (unpaired) electrons. The van der Waals surface area contributed by atoms with E-state index in [1.54, 1.807) is 0 Å². The van der Waals surface area contributed by atoms with Crippen molar-refractivity contribution >= 4 is 21.6 Å². The summed E-state index contributed by atoms with van der Waals surface area (Å²) in [5.74, 6) is -1.43. The number of nitrogens with one attached hydrogen (secondary N) is 1. The van der Waals surface area contributed by atoms with Crippen molar-refractivity contribution in [3.05, 3.63) is 39.9 Å². The fourth-order valence-electron chi connectivity index (χ4n) is 1.78. The molecule has 1 aromatic carbocycles. The highest BCUT2D eigenvalue weighted by atomic mass is 32.2. The number of halogens is 3. The maximum Gasteiger partial charge on any atom is 0.511 e. The average molecular weight is 371 g/mol. The monoisotopic (exact) mass is 371 g/mol. The van der Waals surface area contributed by atoms with Crippen molar-refractivity contribution in [3.8, 4) is 0 Å². The van der Waals surface area contributed by atoms with Gasteiger partial charge in [-0.05, 0) is 6.92 Å². The zero-order valence-electron chi connectivity index (χ0n) is 12.0. The summed E-state index contributed by atoms with van der Waals surface area (Å²) in [5, 5.41) is 19.4. The SMILES string of the molecule is CC(C(=O)NO)N(Cc1ccccc1[N+](=O)[O-])S(=O)(=O)C(F)(F)F. The van der Waals surface area contributed by atoms with Crippen molar-refractivity contribution in [2.24, 2.45) is 0 Å². The summed E-state index contributed by atoms with van der Waals surface area (Å²) in [5.41, 5.74) is -5.66. The molecule has 13 heteroatoms. The summed E-state index contributed by atoms with van der Waals surface area (Å²) in [6.45, 7) is -0.294. The first kappa shape index (κ1) is 19.8. The van der Waals surface area contributed by atoms with Crippen LogP contribution in [0.1, 0.15) is 12.5 Å². The Hall–Kier alpha value is -2.25. The number of hydrogen-bond acceptors (Lipinski definition) is 6. The molecule has 0 saturated heterocycles. The quantitative estimate of drug-likeness (QED) is 0.438. The largest absolute Gasteiger partial charge is 0.511 e. The normalized spacial score (nSPS) is 13.6. The van der Waals surface area contributed by atoms with Crippen molar-refractivity contribution in [2.75, 3.05) is 0 Å². The minimum Gasteiger partial charge on any atom is -0.289 e. The lowest BCUT2D eigenvalue weighted by atomic mass is 10.1. The third-order valence-electron chi connectivity index (χ3n) is 3.04. The number of hydrogen-bond donors (Lipinski definition) is 2. The molecule has 0 aliphatic rings. The van der Waals surface area contributed by atoms with E-state index in [-0.39, 0.29) is 9.87 Å². The van der Waals surface area contributed by atoms with Gasteiger partial charge in [-0.25, -0.2) is 13.9 Å². The number of hydroxylamine groups is 1. The van der Waals surface area contributed by atoms with Crippen LogP contribution in [0.4, 0.5) is 18.9 Å². The third-order valence-corrected chi connectivity index (χ3v) is 4.69. The van der Waals surface area contributed by atoms with Crippen molar-refractivity contribution in [2.45, 2.75) is 25.0 Å². The van der Waals surface area contributed by atoms with Crippen LogP contribution in [-0.4, -0.2) is 40.3 Å². The van der Waals surface area contributed by atoms with E-state index in [4.69, 9.17) is 5.21 Å². The van der Waals surface area contributed by atoms with Gasteiger partial charge in [-0.1, -0.05) is 18.2 Å². The predicted octanol–water partition coefficient (Wildman–Crippen LogP) is 1.14. The summed E-state index contributed by atoms with van der Waals surface area (Å²) in [4.78, 5) is 21.4. The number of sulfonamides is 1. The highest BCUT2D eigenvalue weighted by Gasteiger charge is 2.52. The second-order valence-electron chi connectivity index (χ2n) is 4.53. The van der Waals surface area contributed by atoms with Gasteiger partial charge in [0.05, 0.1) is 4.92 Å². The number of rotatable bonds is 6. The van der Waals surface area contributed by atoms with Gasteiger partial charge >= 0.3 is 15.5 Å². The van der Waals surface area contributed by atoms with Gasteiger partial charge in [0.2, 0.25) is 0 Å². The van der Waals surface area contributed by atoms with Crippen LogP contribution in [0.3, 0.4) is 0 Å². The fraction of sp³-hybridized carbons (Fsp3) is 0.364. The van der Waals surface area contributed by atoms with E-state index in [9.17, 15) is 36.5 Å². The summed E-state index contributed by atoms with van der Waals surface area (Å²) in [6, 6.07) is 2.57. The maximum absolute atomic E-state index is 12.8. The molecule has 0 heterocycles. The standard InChI is InChI=1S/C11H12F3N3O6S/c1-7(10(18)15-19)16(24(22,23)11(12,13)14)6-8-4-2-3-5-9(8)17(20)21/h2-5,7,19H,6H2,1H3,(H,15,18). The highest BCUT2D eigenvalue weighted by molar-refractivity contribution is 7.90.